The highest BCUT2D eigenvalue weighted by Gasteiger charge is 2.51. The fourth-order valence-electron chi connectivity index (χ4n) is 4.68. The monoisotopic (exact) mass is 502 g/mol. The summed E-state index contributed by atoms with van der Waals surface area (Å²) in [6, 6.07) is 21.4. The Balaban J connectivity index is 0.000000320. The van der Waals surface area contributed by atoms with Crippen LogP contribution in [0.5, 0.6) is 0 Å². The zero-order valence-electron chi connectivity index (χ0n) is 22.2. The van der Waals surface area contributed by atoms with Crippen molar-refractivity contribution in [2.24, 2.45) is 0 Å². The average Bonchev–Trinajstić information content (AvgIpc) is 3.35. The van der Waals surface area contributed by atoms with Crippen LogP contribution in [0.3, 0.4) is 0 Å². The molecule has 0 aromatic heterocycles. The molecule has 6 nitrogen and oxygen atoms in total. The van der Waals surface area contributed by atoms with E-state index in [-0.39, 0.29) is 23.9 Å². The molecule has 0 amide bonds. The molecule has 2 aliphatic rings. The van der Waals surface area contributed by atoms with Crippen LogP contribution in [0.15, 0.2) is 60.7 Å². The minimum atomic E-state index is -2.50. The fraction of sp³-hybridized carbons (Fsp3) is 0.571. The third-order valence-electron chi connectivity index (χ3n) is 6.24. The van der Waals surface area contributed by atoms with E-state index in [9.17, 15) is 0 Å². The highest BCUT2D eigenvalue weighted by molar-refractivity contribution is 6.99. The van der Waals surface area contributed by atoms with Crippen LogP contribution in [0.4, 0.5) is 0 Å². The number of ether oxygens (including phenoxy) is 4. The molecular formula is C28H42O6Si. The Morgan fingerprint density at radius 3 is 1.54 bits per heavy atom. The first-order valence-electron chi connectivity index (χ1n) is 12.4. The van der Waals surface area contributed by atoms with E-state index >= 15 is 0 Å². The van der Waals surface area contributed by atoms with E-state index in [1.807, 2.05) is 27.7 Å². The number of aliphatic hydroxyl groups excluding tert-OH is 1. The van der Waals surface area contributed by atoms with Crippen LogP contribution in [0.1, 0.15) is 48.5 Å². The Morgan fingerprint density at radius 1 is 0.800 bits per heavy atom. The van der Waals surface area contributed by atoms with Gasteiger partial charge in [0.25, 0.3) is 8.32 Å². The summed E-state index contributed by atoms with van der Waals surface area (Å²) in [6.07, 6.45) is -0.161. The van der Waals surface area contributed by atoms with Crippen LogP contribution in [-0.4, -0.2) is 63.6 Å². The zero-order chi connectivity index (χ0) is 25.7. The Hall–Kier alpha value is -1.58. The number of benzene rings is 2. The van der Waals surface area contributed by atoms with E-state index in [1.54, 1.807) is 0 Å². The maximum atomic E-state index is 8.59. The molecule has 7 heteroatoms. The summed E-state index contributed by atoms with van der Waals surface area (Å²) >= 11 is 0. The summed E-state index contributed by atoms with van der Waals surface area (Å²) in [4.78, 5) is 0. The first-order chi connectivity index (χ1) is 16.4. The van der Waals surface area contributed by atoms with Crippen molar-refractivity contribution in [2.75, 3.05) is 26.4 Å². The van der Waals surface area contributed by atoms with Gasteiger partial charge in [0, 0.05) is 0 Å². The van der Waals surface area contributed by atoms with Gasteiger partial charge in [0.15, 0.2) is 11.6 Å². The van der Waals surface area contributed by atoms with Gasteiger partial charge in [-0.15, -0.1) is 0 Å². The maximum absolute atomic E-state index is 8.59. The molecule has 0 unspecified atom stereocenters. The van der Waals surface area contributed by atoms with Gasteiger partial charge in [-0.05, 0) is 43.1 Å². The Kier molecular flexibility index (Phi) is 8.97. The topological polar surface area (TPSA) is 66.4 Å². The first kappa shape index (κ1) is 28.0. The average molecular weight is 503 g/mol. The molecule has 194 valence electrons. The third kappa shape index (κ3) is 7.01. The number of rotatable bonds is 6. The lowest BCUT2D eigenvalue weighted by Gasteiger charge is -2.43. The third-order valence-corrected chi connectivity index (χ3v) is 11.2. The van der Waals surface area contributed by atoms with Crippen molar-refractivity contribution in [1.29, 1.82) is 0 Å². The largest absolute Gasteiger partial charge is 0.405 e. The SMILES string of the molecule is CC1(C)OC[C@H](CO)O1.CC1(C)OC[C@H](CO[Si](c2ccccc2)(c2ccccc2)C(C)(C)C)O1. The quantitative estimate of drug-likeness (QED) is 0.606. The van der Waals surface area contributed by atoms with Crippen LogP contribution in [0.2, 0.25) is 5.04 Å². The molecule has 4 rings (SSSR count). The smallest absolute Gasteiger partial charge is 0.261 e. The summed E-state index contributed by atoms with van der Waals surface area (Å²) in [5.74, 6) is -1.02. The van der Waals surface area contributed by atoms with Crippen molar-refractivity contribution in [1.82, 2.24) is 0 Å². The molecule has 2 atom stereocenters. The normalized spacial score (nSPS) is 23.5. The molecule has 0 spiro atoms. The molecular weight excluding hydrogens is 460 g/mol. The summed E-state index contributed by atoms with van der Waals surface area (Å²) < 4.78 is 29.0. The van der Waals surface area contributed by atoms with E-state index in [0.29, 0.717) is 19.8 Å². The highest BCUT2D eigenvalue weighted by atomic mass is 28.4. The van der Waals surface area contributed by atoms with Crippen LogP contribution >= 0.6 is 0 Å². The predicted octanol–water partition coefficient (Wildman–Crippen LogP) is 3.84. The van der Waals surface area contributed by atoms with Gasteiger partial charge in [-0.2, -0.15) is 0 Å². The van der Waals surface area contributed by atoms with Gasteiger partial charge in [-0.25, -0.2) is 0 Å². The summed E-state index contributed by atoms with van der Waals surface area (Å²) in [5.41, 5.74) is 0. The predicted molar refractivity (Wildman–Crippen MR) is 140 cm³/mol. The lowest BCUT2D eigenvalue weighted by Crippen LogP contribution is -2.67. The number of hydrogen-bond acceptors (Lipinski definition) is 6. The molecule has 2 heterocycles. The van der Waals surface area contributed by atoms with Crippen LogP contribution in [0, 0.1) is 0 Å². The minimum absolute atomic E-state index is 0.0231. The van der Waals surface area contributed by atoms with Crippen molar-refractivity contribution in [3.05, 3.63) is 60.7 Å². The van der Waals surface area contributed by atoms with E-state index in [0.717, 1.165) is 0 Å². The van der Waals surface area contributed by atoms with Gasteiger partial charge >= 0.3 is 0 Å². The van der Waals surface area contributed by atoms with Crippen LogP contribution < -0.4 is 10.4 Å². The van der Waals surface area contributed by atoms with Crippen molar-refractivity contribution < 1.29 is 28.5 Å². The van der Waals surface area contributed by atoms with E-state index in [2.05, 4.69) is 81.4 Å². The molecule has 35 heavy (non-hydrogen) atoms. The number of hydrogen-bond donors (Lipinski definition) is 1. The number of aliphatic hydroxyl groups is 1. The minimum Gasteiger partial charge on any atom is -0.405 e. The Labute approximate surface area is 211 Å². The lowest BCUT2D eigenvalue weighted by molar-refractivity contribution is -0.142. The second kappa shape index (κ2) is 11.2. The lowest BCUT2D eigenvalue weighted by atomic mass is 10.2. The van der Waals surface area contributed by atoms with E-state index in [1.165, 1.54) is 10.4 Å². The molecule has 0 saturated carbocycles. The van der Waals surface area contributed by atoms with Gasteiger partial charge in [0.2, 0.25) is 0 Å². The highest BCUT2D eigenvalue weighted by Crippen LogP contribution is 2.37. The van der Waals surface area contributed by atoms with E-state index in [4.69, 9.17) is 28.5 Å². The second-order valence-corrected chi connectivity index (χ2v) is 15.4. The van der Waals surface area contributed by atoms with Gasteiger partial charge in [0.05, 0.1) is 26.4 Å². The molecule has 2 fully saturated rings. The van der Waals surface area contributed by atoms with Crippen molar-refractivity contribution in [3.8, 4) is 0 Å². The fourth-order valence-corrected chi connectivity index (χ4v) is 9.27. The molecule has 2 aromatic carbocycles. The molecule has 2 aliphatic heterocycles. The molecule has 1 N–H and O–H groups in total. The van der Waals surface area contributed by atoms with Gasteiger partial charge in [-0.3, -0.25) is 0 Å². The van der Waals surface area contributed by atoms with Crippen LogP contribution in [-0.2, 0) is 23.4 Å². The molecule has 2 aromatic rings. The Morgan fingerprint density at radius 2 is 1.23 bits per heavy atom. The molecule has 2 saturated heterocycles. The second-order valence-electron chi connectivity index (χ2n) is 11.1. The molecule has 0 radical (unpaired) electrons. The maximum Gasteiger partial charge on any atom is 0.261 e. The van der Waals surface area contributed by atoms with Crippen LogP contribution in [0.25, 0.3) is 0 Å². The van der Waals surface area contributed by atoms with Crippen molar-refractivity contribution in [3.63, 3.8) is 0 Å². The molecule has 0 aliphatic carbocycles. The first-order valence-corrected chi connectivity index (χ1v) is 14.3. The van der Waals surface area contributed by atoms with Gasteiger partial charge in [0.1, 0.15) is 12.2 Å². The Bertz CT molecular complexity index is 871. The molecule has 0 bridgehead atoms. The van der Waals surface area contributed by atoms with Crippen molar-refractivity contribution in [2.45, 2.75) is 77.3 Å². The summed E-state index contributed by atoms with van der Waals surface area (Å²) in [6.45, 7) is 16.1. The zero-order valence-corrected chi connectivity index (χ0v) is 23.2. The van der Waals surface area contributed by atoms with Gasteiger partial charge < -0.3 is 28.5 Å². The summed E-state index contributed by atoms with van der Waals surface area (Å²) in [7, 11) is -2.50. The van der Waals surface area contributed by atoms with Gasteiger partial charge in [-0.1, -0.05) is 81.4 Å². The van der Waals surface area contributed by atoms with E-state index < -0.39 is 19.9 Å². The van der Waals surface area contributed by atoms with Crippen molar-refractivity contribution >= 4 is 18.7 Å². The summed E-state index contributed by atoms with van der Waals surface area (Å²) in [5, 5.41) is 11.1. The standard InChI is InChI=1S/C22H30O3Si.C6H12O3/c1-21(2,3)26(19-12-8-6-9-13-19,20-14-10-7-11-15-20)24-17-18-16-23-22(4,5)25-18;1-6(2)8-4-5(3-7)9-6/h6-15,18H,16-17H2,1-5H3;5,7H,3-4H2,1-2H3/t18-;5-/m10/s1.